The van der Waals surface area contributed by atoms with Crippen LogP contribution < -0.4 is 10.1 Å². The quantitative estimate of drug-likeness (QED) is 0.352. The molecule has 0 unspecified atom stereocenters. The van der Waals surface area contributed by atoms with E-state index in [0.717, 1.165) is 29.5 Å². The first kappa shape index (κ1) is 22.7. The van der Waals surface area contributed by atoms with Gasteiger partial charge in [-0.2, -0.15) is 0 Å². The molecule has 0 aliphatic heterocycles. The number of rotatable bonds is 9. The van der Waals surface area contributed by atoms with Gasteiger partial charge in [0, 0.05) is 37.5 Å². The van der Waals surface area contributed by atoms with Crippen LogP contribution >= 0.6 is 23.4 Å². The van der Waals surface area contributed by atoms with Gasteiger partial charge in [-0.25, -0.2) is 0 Å². The second kappa shape index (κ2) is 10.4. The van der Waals surface area contributed by atoms with Gasteiger partial charge in [-0.05, 0) is 43.7 Å². The number of hydrogen-bond donors (Lipinski definition) is 1. The number of hydrogen-bond acceptors (Lipinski definition) is 5. The van der Waals surface area contributed by atoms with E-state index in [1.807, 2.05) is 35.3 Å². The SMILES string of the molecule is COc1cc(-n2cccc2)c(Cl)cc1C(=O)NCCCc1nnc(SC)n1C1CCCC1. The van der Waals surface area contributed by atoms with E-state index in [-0.39, 0.29) is 5.91 Å². The Balaban J connectivity index is 1.39. The van der Waals surface area contributed by atoms with Crippen LogP contribution in [-0.4, -0.2) is 45.1 Å². The molecule has 2 aromatic heterocycles. The number of methoxy groups -OCH3 is 1. The predicted molar refractivity (Wildman–Crippen MR) is 127 cm³/mol. The number of benzene rings is 1. The highest BCUT2D eigenvalue weighted by Gasteiger charge is 2.23. The molecule has 0 atom stereocenters. The first-order chi connectivity index (χ1) is 15.6. The summed E-state index contributed by atoms with van der Waals surface area (Å²) in [5.74, 6) is 1.29. The maximum Gasteiger partial charge on any atom is 0.255 e. The van der Waals surface area contributed by atoms with Crippen molar-refractivity contribution in [2.24, 2.45) is 0 Å². The highest BCUT2D eigenvalue weighted by Crippen LogP contribution is 2.33. The summed E-state index contributed by atoms with van der Waals surface area (Å²) in [7, 11) is 1.55. The molecule has 32 heavy (non-hydrogen) atoms. The first-order valence-corrected chi connectivity index (χ1v) is 12.5. The van der Waals surface area contributed by atoms with E-state index in [1.54, 1.807) is 31.0 Å². The fourth-order valence-electron chi connectivity index (χ4n) is 4.27. The lowest BCUT2D eigenvalue weighted by Crippen LogP contribution is -2.25. The third-order valence-electron chi connectivity index (χ3n) is 5.87. The first-order valence-electron chi connectivity index (χ1n) is 10.9. The summed E-state index contributed by atoms with van der Waals surface area (Å²) in [4.78, 5) is 12.8. The molecule has 1 saturated carbocycles. The zero-order chi connectivity index (χ0) is 22.5. The van der Waals surface area contributed by atoms with Crippen molar-refractivity contribution in [3.63, 3.8) is 0 Å². The van der Waals surface area contributed by atoms with Crippen molar-refractivity contribution in [1.29, 1.82) is 0 Å². The number of halogens is 1. The standard InChI is InChI=1S/C23H28ClN5O2S/c1-31-20-15-19(28-12-5-6-13-28)18(24)14-17(20)22(30)25-11-7-10-21-26-27-23(32-2)29(21)16-8-3-4-9-16/h5-6,12-16H,3-4,7-11H2,1-2H3,(H,25,30). The van der Waals surface area contributed by atoms with Crippen LogP contribution in [0.25, 0.3) is 5.69 Å². The van der Waals surface area contributed by atoms with Crippen molar-refractivity contribution in [3.05, 3.63) is 53.1 Å². The zero-order valence-electron chi connectivity index (χ0n) is 18.4. The van der Waals surface area contributed by atoms with Crippen LogP contribution in [0, 0.1) is 0 Å². The lowest BCUT2D eigenvalue weighted by atomic mass is 10.1. The van der Waals surface area contributed by atoms with Gasteiger partial charge >= 0.3 is 0 Å². The Bertz CT molecular complexity index is 1060. The molecule has 0 spiro atoms. The fraction of sp³-hybridized carbons (Fsp3) is 0.435. The van der Waals surface area contributed by atoms with Crippen LogP contribution in [0.2, 0.25) is 5.02 Å². The van der Waals surface area contributed by atoms with Gasteiger partial charge in [0.15, 0.2) is 5.16 Å². The number of ether oxygens (including phenoxy) is 1. The van der Waals surface area contributed by atoms with Crippen LogP contribution in [0.15, 0.2) is 41.8 Å². The summed E-state index contributed by atoms with van der Waals surface area (Å²) in [6.07, 6.45) is 12.3. The van der Waals surface area contributed by atoms with Gasteiger partial charge in [0.05, 0.1) is 23.4 Å². The van der Waals surface area contributed by atoms with Gasteiger partial charge in [-0.3, -0.25) is 4.79 Å². The van der Waals surface area contributed by atoms with Crippen LogP contribution in [0.5, 0.6) is 5.75 Å². The molecule has 7 nitrogen and oxygen atoms in total. The van der Waals surface area contributed by atoms with E-state index in [4.69, 9.17) is 16.3 Å². The van der Waals surface area contributed by atoms with Crippen LogP contribution in [0.1, 0.15) is 54.3 Å². The second-order valence-corrected chi connectivity index (χ2v) is 9.05. The molecule has 0 bridgehead atoms. The van der Waals surface area contributed by atoms with Crippen molar-refractivity contribution in [2.45, 2.75) is 49.7 Å². The van der Waals surface area contributed by atoms with Gasteiger partial charge in [0.2, 0.25) is 0 Å². The molecule has 9 heteroatoms. The van der Waals surface area contributed by atoms with Crippen LogP contribution in [0.3, 0.4) is 0 Å². The molecule has 4 rings (SSSR count). The minimum Gasteiger partial charge on any atom is -0.496 e. The normalized spacial score (nSPS) is 14.1. The van der Waals surface area contributed by atoms with E-state index >= 15 is 0 Å². The maximum atomic E-state index is 12.8. The molecule has 2 heterocycles. The summed E-state index contributed by atoms with van der Waals surface area (Å²) < 4.78 is 9.66. The molecule has 170 valence electrons. The van der Waals surface area contributed by atoms with Crippen molar-refractivity contribution in [3.8, 4) is 11.4 Å². The van der Waals surface area contributed by atoms with E-state index < -0.39 is 0 Å². The van der Waals surface area contributed by atoms with Gasteiger partial charge in [0.25, 0.3) is 5.91 Å². The third kappa shape index (κ3) is 4.81. The molecule has 1 aliphatic carbocycles. The molecule has 1 aliphatic rings. The maximum absolute atomic E-state index is 12.8. The smallest absolute Gasteiger partial charge is 0.255 e. The van der Waals surface area contributed by atoms with Crippen LogP contribution in [0.4, 0.5) is 0 Å². The van der Waals surface area contributed by atoms with Gasteiger partial charge in [-0.1, -0.05) is 36.2 Å². The number of amides is 1. The molecule has 0 radical (unpaired) electrons. The number of carbonyl (C=O) groups is 1. The van der Waals surface area contributed by atoms with Crippen molar-refractivity contribution < 1.29 is 9.53 Å². The lowest BCUT2D eigenvalue weighted by molar-refractivity contribution is 0.0950. The number of thioether (sulfide) groups is 1. The molecule has 1 N–H and O–H groups in total. The highest BCUT2D eigenvalue weighted by atomic mass is 35.5. The second-order valence-electron chi connectivity index (χ2n) is 7.86. The molecular weight excluding hydrogens is 446 g/mol. The minimum absolute atomic E-state index is 0.204. The van der Waals surface area contributed by atoms with Gasteiger partial charge in [-0.15, -0.1) is 10.2 Å². The number of carbonyl (C=O) groups excluding carboxylic acids is 1. The minimum atomic E-state index is -0.204. The molecule has 0 saturated heterocycles. The zero-order valence-corrected chi connectivity index (χ0v) is 20.0. The van der Waals surface area contributed by atoms with E-state index in [1.165, 1.54) is 25.7 Å². The summed E-state index contributed by atoms with van der Waals surface area (Å²) >= 11 is 8.10. The van der Waals surface area contributed by atoms with Crippen molar-refractivity contribution in [1.82, 2.24) is 24.6 Å². The monoisotopic (exact) mass is 473 g/mol. The Kier molecular flexibility index (Phi) is 7.42. The predicted octanol–water partition coefficient (Wildman–Crippen LogP) is 4.93. The van der Waals surface area contributed by atoms with Gasteiger partial charge < -0.3 is 19.2 Å². The average molecular weight is 474 g/mol. The molecule has 3 aromatic rings. The summed E-state index contributed by atoms with van der Waals surface area (Å²) in [5, 5.41) is 13.2. The summed E-state index contributed by atoms with van der Waals surface area (Å²) in [6.45, 7) is 0.533. The molecular formula is C23H28ClN5O2S. The molecule has 1 amide bonds. The van der Waals surface area contributed by atoms with E-state index in [0.29, 0.717) is 28.9 Å². The Morgan fingerprint density at radius 2 is 2.00 bits per heavy atom. The molecule has 1 fully saturated rings. The number of nitrogens with one attached hydrogen (secondary N) is 1. The summed E-state index contributed by atoms with van der Waals surface area (Å²) in [6, 6.07) is 7.78. The van der Waals surface area contributed by atoms with E-state index in [2.05, 4.69) is 20.1 Å². The number of nitrogens with zero attached hydrogens (tertiary/aromatic N) is 4. The van der Waals surface area contributed by atoms with Crippen LogP contribution in [-0.2, 0) is 6.42 Å². The Morgan fingerprint density at radius 1 is 1.25 bits per heavy atom. The number of aromatic nitrogens is 4. The molecule has 1 aromatic carbocycles. The third-order valence-corrected chi connectivity index (χ3v) is 6.81. The van der Waals surface area contributed by atoms with E-state index in [9.17, 15) is 4.79 Å². The van der Waals surface area contributed by atoms with Crippen molar-refractivity contribution in [2.75, 3.05) is 19.9 Å². The Labute approximate surface area is 197 Å². The Morgan fingerprint density at radius 3 is 2.69 bits per heavy atom. The lowest BCUT2D eigenvalue weighted by Gasteiger charge is -2.16. The highest BCUT2D eigenvalue weighted by molar-refractivity contribution is 7.98. The summed E-state index contributed by atoms with van der Waals surface area (Å²) in [5.41, 5.74) is 1.19. The fourth-order valence-corrected chi connectivity index (χ4v) is 5.11. The largest absolute Gasteiger partial charge is 0.496 e. The number of aryl methyl sites for hydroxylation is 1. The Hall–Kier alpha value is -2.45. The topological polar surface area (TPSA) is 74.0 Å². The van der Waals surface area contributed by atoms with Gasteiger partial charge in [0.1, 0.15) is 11.6 Å². The average Bonchev–Trinajstić information content (AvgIpc) is 3.57. The van der Waals surface area contributed by atoms with Crippen molar-refractivity contribution >= 4 is 29.3 Å².